The molecular weight excluding hydrogens is 424 g/mol. The van der Waals surface area contributed by atoms with E-state index in [9.17, 15) is 15.0 Å². The van der Waals surface area contributed by atoms with Crippen molar-refractivity contribution in [1.29, 1.82) is 0 Å². The number of fused-ring (bicyclic) bond motifs is 1. The summed E-state index contributed by atoms with van der Waals surface area (Å²) in [5.41, 5.74) is 0.867. The minimum atomic E-state index is -0.360. The van der Waals surface area contributed by atoms with Crippen LogP contribution in [0.15, 0.2) is 50.7 Å². The molecule has 0 unspecified atom stereocenters. The summed E-state index contributed by atoms with van der Waals surface area (Å²) in [6.07, 6.45) is 3.47. The third-order valence-electron chi connectivity index (χ3n) is 4.28. The molecule has 0 spiro atoms. The average Bonchev–Trinajstić information content (AvgIpc) is 2.66. The standard InChI is InChI=1S/C21H21BrN2O4/c1-2-3-8-28-19-7-4-13(9-18(19)25)11-23-12-17-16-10-14(22)5-6-15(16)20(26)24-21(17)27/h4-7,9-10,12,25H,2-3,8,11H2,1H3,(H2,24,26,27). The number of rotatable bonds is 7. The first-order chi connectivity index (χ1) is 13.5. The van der Waals surface area contributed by atoms with Crippen molar-refractivity contribution in [2.45, 2.75) is 26.3 Å². The van der Waals surface area contributed by atoms with Crippen molar-refractivity contribution in [2.24, 2.45) is 4.99 Å². The third kappa shape index (κ3) is 4.54. The van der Waals surface area contributed by atoms with E-state index in [4.69, 9.17) is 4.74 Å². The summed E-state index contributed by atoms with van der Waals surface area (Å²) >= 11 is 3.38. The lowest BCUT2D eigenvalue weighted by Crippen LogP contribution is -2.08. The number of aromatic nitrogens is 1. The van der Waals surface area contributed by atoms with Gasteiger partial charge in [-0.05, 0) is 42.3 Å². The number of unbranched alkanes of at least 4 members (excludes halogenated alkanes) is 1. The van der Waals surface area contributed by atoms with Gasteiger partial charge in [0.05, 0.1) is 18.7 Å². The molecule has 28 heavy (non-hydrogen) atoms. The number of nitrogens with zero attached hydrogens (tertiary/aromatic N) is 1. The van der Waals surface area contributed by atoms with E-state index in [1.165, 1.54) is 6.21 Å². The van der Waals surface area contributed by atoms with Gasteiger partial charge in [0.2, 0.25) is 5.88 Å². The number of aliphatic imine (C=N–C) groups is 1. The van der Waals surface area contributed by atoms with Crippen molar-refractivity contribution in [3.63, 3.8) is 0 Å². The van der Waals surface area contributed by atoms with Crippen LogP contribution in [0.5, 0.6) is 17.4 Å². The molecule has 3 N–H and O–H groups in total. The number of halogens is 1. The second-order valence-corrected chi connectivity index (χ2v) is 7.30. The number of aromatic hydroxyl groups is 2. The summed E-state index contributed by atoms with van der Waals surface area (Å²) in [4.78, 5) is 18.8. The molecule has 0 atom stereocenters. The summed E-state index contributed by atoms with van der Waals surface area (Å²) in [6, 6.07) is 10.4. The number of hydrogen-bond acceptors (Lipinski definition) is 5. The van der Waals surface area contributed by atoms with E-state index >= 15 is 0 Å². The highest BCUT2D eigenvalue weighted by Crippen LogP contribution is 2.28. The Morgan fingerprint density at radius 3 is 2.75 bits per heavy atom. The Kier molecular flexibility index (Phi) is 6.36. The molecule has 146 valence electrons. The van der Waals surface area contributed by atoms with Gasteiger partial charge in [0.1, 0.15) is 0 Å². The highest BCUT2D eigenvalue weighted by Gasteiger charge is 2.10. The van der Waals surface area contributed by atoms with Crippen molar-refractivity contribution in [3.8, 4) is 17.4 Å². The largest absolute Gasteiger partial charge is 0.504 e. The first-order valence-electron chi connectivity index (χ1n) is 8.98. The summed E-state index contributed by atoms with van der Waals surface area (Å²) in [6.45, 7) is 2.94. The number of benzene rings is 2. The SMILES string of the molecule is CCCCOc1ccc(CN=Cc2c(O)[nH]c(=O)c3ccc(Br)cc23)cc1O. The Balaban J connectivity index is 1.81. The second kappa shape index (κ2) is 8.93. The van der Waals surface area contributed by atoms with Crippen molar-refractivity contribution >= 4 is 32.9 Å². The number of phenols is 1. The molecular formula is C21H21BrN2O4. The van der Waals surface area contributed by atoms with Gasteiger partial charge in [0.25, 0.3) is 5.56 Å². The van der Waals surface area contributed by atoms with Crippen LogP contribution in [0.25, 0.3) is 10.8 Å². The lowest BCUT2D eigenvalue weighted by atomic mass is 10.1. The molecule has 7 heteroatoms. The predicted octanol–water partition coefficient (Wildman–Crippen LogP) is 4.50. The van der Waals surface area contributed by atoms with E-state index in [1.54, 1.807) is 30.3 Å². The third-order valence-corrected chi connectivity index (χ3v) is 4.77. The van der Waals surface area contributed by atoms with E-state index in [0.29, 0.717) is 35.2 Å². The number of H-pyrrole nitrogens is 1. The maximum absolute atomic E-state index is 12.0. The molecule has 2 aromatic carbocycles. The van der Waals surface area contributed by atoms with Gasteiger partial charge in [0, 0.05) is 21.5 Å². The number of nitrogens with one attached hydrogen (secondary N) is 1. The van der Waals surface area contributed by atoms with E-state index < -0.39 is 0 Å². The van der Waals surface area contributed by atoms with Gasteiger partial charge in [-0.15, -0.1) is 0 Å². The molecule has 0 aliphatic carbocycles. The minimum Gasteiger partial charge on any atom is -0.504 e. The highest BCUT2D eigenvalue weighted by atomic mass is 79.9. The normalized spacial score (nSPS) is 11.4. The van der Waals surface area contributed by atoms with Crippen LogP contribution in [0.2, 0.25) is 0 Å². The number of aromatic amines is 1. The van der Waals surface area contributed by atoms with Gasteiger partial charge in [-0.2, -0.15) is 0 Å². The van der Waals surface area contributed by atoms with Crippen LogP contribution in [0.4, 0.5) is 0 Å². The molecule has 0 saturated carbocycles. The monoisotopic (exact) mass is 444 g/mol. The van der Waals surface area contributed by atoms with Gasteiger partial charge in [-0.25, -0.2) is 0 Å². The fourth-order valence-electron chi connectivity index (χ4n) is 2.79. The van der Waals surface area contributed by atoms with Crippen molar-refractivity contribution in [2.75, 3.05) is 6.61 Å². The molecule has 0 bridgehead atoms. The minimum absolute atomic E-state index is 0.0741. The molecule has 0 amide bonds. The highest BCUT2D eigenvalue weighted by molar-refractivity contribution is 9.10. The van der Waals surface area contributed by atoms with Gasteiger partial charge in [-0.1, -0.05) is 35.3 Å². The molecule has 0 radical (unpaired) electrons. The van der Waals surface area contributed by atoms with Gasteiger partial charge >= 0.3 is 0 Å². The van der Waals surface area contributed by atoms with Crippen LogP contribution < -0.4 is 10.3 Å². The Morgan fingerprint density at radius 2 is 2.00 bits per heavy atom. The van der Waals surface area contributed by atoms with Crippen LogP contribution >= 0.6 is 15.9 Å². The second-order valence-electron chi connectivity index (χ2n) is 6.38. The first kappa shape index (κ1) is 19.9. The number of pyridine rings is 1. The van der Waals surface area contributed by atoms with Crippen molar-refractivity contribution < 1.29 is 14.9 Å². The van der Waals surface area contributed by atoms with Gasteiger partial charge in [0.15, 0.2) is 11.5 Å². The Morgan fingerprint density at radius 1 is 1.18 bits per heavy atom. The van der Waals surface area contributed by atoms with Gasteiger partial charge < -0.3 is 14.9 Å². The number of hydrogen-bond donors (Lipinski definition) is 3. The van der Waals surface area contributed by atoms with Crippen LogP contribution in [-0.2, 0) is 6.54 Å². The van der Waals surface area contributed by atoms with E-state index in [2.05, 4.69) is 32.8 Å². The maximum Gasteiger partial charge on any atom is 0.258 e. The fourth-order valence-corrected chi connectivity index (χ4v) is 3.15. The van der Waals surface area contributed by atoms with E-state index in [-0.39, 0.29) is 17.2 Å². The zero-order valence-corrected chi connectivity index (χ0v) is 17.0. The molecule has 1 heterocycles. The van der Waals surface area contributed by atoms with Crippen molar-refractivity contribution in [3.05, 3.63) is 62.4 Å². The van der Waals surface area contributed by atoms with E-state index in [0.717, 1.165) is 22.9 Å². The number of ether oxygens (including phenoxy) is 1. The number of phenolic OH excluding ortho intramolecular Hbond substituents is 1. The van der Waals surface area contributed by atoms with Crippen LogP contribution in [0, 0.1) is 0 Å². The Hall–Kier alpha value is -2.80. The summed E-state index contributed by atoms with van der Waals surface area (Å²) in [7, 11) is 0. The average molecular weight is 445 g/mol. The zero-order valence-electron chi connectivity index (χ0n) is 15.4. The maximum atomic E-state index is 12.0. The Bertz CT molecular complexity index is 1080. The smallest absolute Gasteiger partial charge is 0.258 e. The lowest BCUT2D eigenvalue weighted by Gasteiger charge is -2.08. The predicted molar refractivity (Wildman–Crippen MR) is 114 cm³/mol. The summed E-state index contributed by atoms with van der Waals surface area (Å²) in [5.74, 6) is 0.294. The molecule has 3 aromatic rings. The molecule has 0 aliphatic heterocycles. The first-order valence-corrected chi connectivity index (χ1v) is 9.78. The quantitative estimate of drug-likeness (QED) is 0.369. The topological polar surface area (TPSA) is 94.9 Å². The van der Waals surface area contributed by atoms with E-state index in [1.807, 2.05) is 6.07 Å². The van der Waals surface area contributed by atoms with Crippen molar-refractivity contribution in [1.82, 2.24) is 4.98 Å². The van der Waals surface area contributed by atoms with Crippen LogP contribution in [0.1, 0.15) is 30.9 Å². The van der Waals surface area contributed by atoms with Crippen LogP contribution in [0.3, 0.4) is 0 Å². The molecule has 0 aliphatic rings. The summed E-state index contributed by atoms with van der Waals surface area (Å²) < 4.78 is 6.33. The Labute approximate surface area is 170 Å². The fraction of sp³-hybridized carbons (Fsp3) is 0.238. The molecule has 0 fully saturated rings. The molecule has 1 aromatic heterocycles. The zero-order chi connectivity index (χ0) is 20.1. The molecule has 3 rings (SSSR count). The van der Waals surface area contributed by atoms with Gasteiger partial charge in [-0.3, -0.25) is 14.8 Å². The molecule has 0 saturated heterocycles. The lowest BCUT2D eigenvalue weighted by molar-refractivity contribution is 0.292. The van der Waals surface area contributed by atoms with Crippen LogP contribution in [-0.4, -0.2) is 28.0 Å². The summed E-state index contributed by atoms with van der Waals surface area (Å²) in [5, 5.41) is 21.3. The molecule has 6 nitrogen and oxygen atoms in total.